The van der Waals surface area contributed by atoms with Gasteiger partial charge in [-0.2, -0.15) is 20.8 Å². The number of nitrogens with zero attached hydrogens (tertiary/aromatic N) is 4. The molecule has 2 atom stereocenters. The predicted octanol–water partition coefficient (Wildman–Crippen LogP) is 4.34. The van der Waals surface area contributed by atoms with Gasteiger partial charge in [0.1, 0.15) is 0 Å². The predicted molar refractivity (Wildman–Crippen MR) is 76.4 cm³/mol. The lowest BCUT2D eigenvalue weighted by Crippen LogP contribution is -2.23. The average Bonchev–Trinajstić information content (AvgIpc) is 2.27. The molecule has 4 nitrogen and oxygen atoms in total. The molecule has 0 rings (SSSR count). The molecule has 0 aliphatic carbocycles. The van der Waals surface area contributed by atoms with Crippen molar-refractivity contribution < 1.29 is 0 Å². The maximum absolute atomic E-state index is 9.25. The molecular weight excluding hydrogens is 236 g/mol. The molecule has 0 radical (unpaired) electrons. The molecule has 0 aromatic rings. The van der Waals surface area contributed by atoms with E-state index in [0.717, 1.165) is 6.42 Å². The van der Waals surface area contributed by atoms with Gasteiger partial charge in [0, 0.05) is 0 Å². The van der Waals surface area contributed by atoms with Gasteiger partial charge in [0.15, 0.2) is 5.54 Å². The Bertz CT molecular complexity index is 386. The molecule has 0 aromatic heterocycles. The molecule has 0 amide bonds. The number of azo groups is 1. The summed E-state index contributed by atoms with van der Waals surface area (Å²) >= 11 is 0. The summed E-state index contributed by atoms with van der Waals surface area (Å²) in [5.41, 5.74) is -1.27. The van der Waals surface area contributed by atoms with Gasteiger partial charge in [0.25, 0.3) is 0 Å². The van der Waals surface area contributed by atoms with Crippen LogP contribution in [0.3, 0.4) is 0 Å². The zero-order valence-electron chi connectivity index (χ0n) is 13.1. The Labute approximate surface area is 117 Å². The van der Waals surface area contributed by atoms with Crippen molar-refractivity contribution in [2.24, 2.45) is 27.5 Å². The molecular formula is C15H26N4. The summed E-state index contributed by atoms with van der Waals surface area (Å²) < 4.78 is 0. The molecule has 0 fully saturated rings. The van der Waals surface area contributed by atoms with Crippen LogP contribution in [0.2, 0.25) is 0 Å². The summed E-state index contributed by atoms with van der Waals surface area (Å²) in [6.45, 7) is 12.3. The van der Waals surface area contributed by atoms with Crippen molar-refractivity contribution in [2.45, 2.75) is 59.9 Å². The van der Waals surface area contributed by atoms with Gasteiger partial charge in [-0.1, -0.05) is 27.7 Å². The van der Waals surface area contributed by atoms with Crippen LogP contribution in [0.15, 0.2) is 10.2 Å². The number of hydrogen-bond donors (Lipinski definition) is 0. The molecule has 0 saturated carbocycles. The highest BCUT2D eigenvalue weighted by Crippen LogP contribution is 2.27. The Hall–Kier alpha value is -1.42. The van der Waals surface area contributed by atoms with Crippen LogP contribution in [0, 0.1) is 39.9 Å². The zero-order chi connectivity index (χ0) is 15.1. The summed E-state index contributed by atoms with van der Waals surface area (Å²) in [6, 6.07) is 4.53. The maximum atomic E-state index is 9.25. The topological polar surface area (TPSA) is 72.3 Å². The first-order valence-corrected chi connectivity index (χ1v) is 6.87. The highest BCUT2D eigenvalue weighted by atomic mass is 15.1. The Kier molecular flexibility index (Phi) is 6.70. The first-order valence-electron chi connectivity index (χ1n) is 6.87. The van der Waals surface area contributed by atoms with E-state index in [-0.39, 0.29) is 0 Å². The van der Waals surface area contributed by atoms with Crippen LogP contribution in [-0.2, 0) is 0 Å². The van der Waals surface area contributed by atoms with Gasteiger partial charge < -0.3 is 0 Å². The van der Waals surface area contributed by atoms with Gasteiger partial charge >= 0.3 is 0 Å². The average molecular weight is 262 g/mol. The molecule has 0 N–H and O–H groups in total. The van der Waals surface area contributed by atoms with Gasteiger partial charge in [-0.15, -0.1) is 0 Å². The maximum Gasteiger partial charge on any atom is 0.164 e. The fourth-order valence-electron chi connectivity index (χ4n) is 2.30. The Balaban J connectivity index is 4.72. The summed E-state index contributed by atoms with van der Waals surface area (Å²) in [5.74, 6) is 0.833. The van der Waals surface area contributed by atoms with Crippen molar-refractivity contribution in [2.75, 3.05) is 6.54 Å². The van der Waals surface area contributed by atoms with E-state index < -0.39 is 11.0 Å². The molecule has 4 heteroatoms. The minimum absolute atomic E-state index is 0.358. The van der Waals surface area contributed by atoms with E-state index in [1.165, 1.54) is 0 Å². The molecule has 0 aliphatic rings. The Morgan fingerprint density at radius 1 is 0.947 bits per heavy atom. The van der Waals surface area contributed by atoms with E-state index in [1.54, 1.807) is 6.92 Å². The van der Waals surface area contributed by atoms with Crippen LogP contribution in [0.1, 0.15) is 54.4 Å². The minimum atomic E-state index is -0.775. The monoisotopic (exact) mass is 262 g/mol. The third-order valence-electron chi connectivity index (χ3n) is 2.89. The van der Waals surface area contributed by atoms with Crippen molar-refractivity contribution in [1.29, 1.82) is 10.5 Å². The van der Waals surface area contributed by atoms with E-state index in [1.807, 2.05) is 6.92 Å². The van der Waals surface area contributed by atoms with E-state index >= 15 is 0 Å². The largest absolute Gasteiger partial charge is 0.198 e. The van der Waals surface area contributed by atoms with Crippen LogP contribution < -0.4 is 0 Å². The fourth-order valence-corrected chi connectivity index (χ4v) is 2.30. The summed E-state index contributed by atoms with van der Waals surface area (Å²) in [6.07, 6.45) is 1.47. The van der Waals surface area contributed by atoms with Crippen LogP contribution >= 0.6 is 0 Å². The lowest BCUT2D eigenvalue weighted by Gasteiger charge is -2.22. The lowest BCUT2D eigenvalue weighted by molar-refractivity contribution is 0.341. The highest BCUT2D eigenvalue weighted by molar-refractivity contribution is 5.04. The van der Waals surface area contributed by atoms with Gasteiger partial charge in [-0.25, -0.2) is 0 Å². The molecule has 19 heavy (non-hydrogen) atoms. The highest BCUT2D eigenvalue weighted by Gasteiger charge is 2.27. The van der Waals surface area contributed by atoms with Crippen LogP contribution in [0.5, 0.6) is 0 Å². The standard InChI is InChI=1S/C15H26N4/c1-12(2)7-14(5,9-16)11-18-19-15(6,10-17)8-13(3)4/h12-13H,7-8,11H2,1-6H3. The van der Waals surface area contributed by atoms with E-state index in [0.29, 0.717) is 24.8 Å². The summed E-state index contributed by atoms with van der Waals surface area (Å²) in [4.78, 5) is 0. The molecule has 2 unspecified atom stereocenters. The van der Waals surface area contributed by atoms with Crippen LogP contribution in [0.25, 0.3) is 0 Å². The molecule has 0 bridgehead atoms. The first-order chi connectivity index (χ1) is 8.66. The first kappa shape index (κ1) is 17.6. The van der Waals surface area contributed by atoms with Gasteiger partial charge in [0.05, 0.1) is 24.1 Å². The molecule has 0 heterocycles. The second-order valence-electron chi connectivity index (χ2n) is 6.65. The summed E-state index contributed by atoms with van der Waals surface area (Å²) in [7, 11) is 0. The number of hydrogen-bond acceptors (Lipinski definition) is 4. The van der Waals surface area contributed by atoms with Crippen molar-refractivity contribution >= 4 is 0 Å². The number of nitriles is 2. The van der Waals surface area contributed by atoms with Gasteiger partial charge in [-0.3, -0.25) is 0 Å². The SMILES string of the molecule is CC(C)CC(C)(C#N)CN=NC(C)(C#N)CC(C)C. The smallest absolute Gasteiger partial charge is 0.164 e. The zero-order valence-corrected chi connectivity index (χ0v) is 13.1. The second kappa shape index (κ2) is 7.24. The molecule has 0 saturated heterocycles. The summed E-state index contributed by atoms with van der Waals surface area (Å²) in [5, 5.41) is 26.8. The number of rotatable bonds is 7. The molecule has 0 aliphatic heterocycles. The van der Waals surface area contributed by atoms with Crippen molar-refractivity contribution in [3.63, 3.8) is 0 Å². The lowest BCUT2D eigenvalue weighted by atomic mass is 9.83. The second-order valence-corrected chi connectivity index (χ2v) is 6.65. The van der Waals surface area contributed by atoms with Crippen LogP contribution in [0.4, 0.5) is 0 Å². The molecule has 0 spiro atoms. The molecule has 106 valence electrons. The van der Waals surface area contributed by atoms with E-state index in [9.17, 15) is 10.5 Å². The van der Waals surface area contributed by atoms with Gasteiger partial charge in [-0.05, 0) is 38.5 Å². The Morgan fingerprint density at radius 2 is 1.47 bits per heavy atom. The Morgan fingerprint density at radius 3 is 1.84 bits per heavy atom. The van der Waals surface area contributed by atoms with Crippen molar-refractivity contribution in [1.82, 2.24) is 0 Å². The third-order valence-corrected chi connectivity index (χ3v) is 2.89. The molecule has 0 aromatic carbocycles. The quantitative estimate of drug-likeness (QED) is 0.640. The van der Waals surface area contributed by atoms with Gasteiger partial charge in [0.2, 0.25) is 0 Å². The minimum Gasteiger partial charge on any atom is -0.198 e. The van der Waals surface area contributed by atoms with E-state index in [4.69, 9.17) is 0 Å². The van der Waals surface area contributed by atoms with Crippen molar-refractivity contribution in [3.05, 3.63) is 0 Å². The van der Waals surface area contributed by atoms with Crippen molar-refractivity contribution in [3.8, 4) is 12.1 Å². The third kappa shape index (κ3) is 6.91. The van der Waals surface area contributed by atoms with E-state index in [2.05, 4.69) is 50.1 Å². The normalized spacial score (nSPS) is 18.0. The van der Waals surface area contributed by atoms with Crippen LogP contribution in [-0.4, -0.2) is 12.1 Å². The fraction of sp³-hybridized carbons (Fsp3) is 0.867.